The van der Waals surface area contributed by atoms with Crippen molar-refractivity contribution in [2.75, 3.05) is 0 Å². The van der Waals surface area contributed by atoms with Crippen LogP contribution in [0.3, 0.4) is 0 Å². The normalized spacial score (nSPS) is 12.5. The van der Waals surface area contributed by atoms with Crippen LogP contribution in [0.2, 0.25) is 16.6 Å². The van der Waals surface area contributed by atoms with E-state index < -0.39 is 14.0 Å². The highest BCUT2D eigenvalue weighted by Gasteiger charge is 2.41. The lowest BCUT2D eigenvalue weighted by molar-refractivity contribution is -0.112. The first-order valence-electron chi connectivity index (χ1n) is 8.41. The predicted molar refractivity (Wildman–Crippen MR) is 102 cm³/mol. The molecule has 0 unspecified atom stereocenters. The maximum atomic E-state index is 13.1. The average molecular weight is 346 g/mol. The molecule has 24 heavy (non-hydrogen) atoms. The van der Waals surface area contributed by atoms with Crippen LogP contribution in [0, 0.1) is 17.3 Å². The maximum Gasteiger partial charge on any atom is 0.249 e. The van der Waals surface area contributed by atoms with E-state index in [4.69, 9.17) is 5.73 Å². The number of hydrogen-bond donors (Lipinski definition) is 1. The van der Waals surface area contributed by atoms with Crippen LogP contribution in [-0.2, 0) is 4.79 Å². The molecular weight excluding hydrogens is 317 g/mol. The van der Waals surface area contributed by atoms with Gasteiger partial charge in [0.05, 0.1) is 5.57 Å². The van der Waals surface area contributed by atoms with Gasteiger partial charge in [0.25, 0.3) is 0 Å². The summed E-state index contributed by atoms with van der Waals surface area (Å²) in [4.78, 5) is 11.7. The average Bonchev–Trinajstić information content (AvgIpc) is 2.47. The van der Waals surface area contributed by atoms with Crippen molar-refractivity contribution < 1.29 is 9.18 Å². The van der Waals surface area contributed by atoms with Crippen molar-refractivity contribution in [1.29, 1.82) is 0 Å². The van der Waals surface area contributed by atoms with Gasteiger partial charge in [0, 0.05) is 6.08 Å². The number of primary amides is 1. The number of benzene rings is 1. The first-order valence-corrected chi connectivity index (χ1v) is 10.6. The van der Waals surface area contributed by atoms with E-state index in [-0.39, 0.29) is 5.82 Å². The van der Waals surface area contributed by atoms with Gasteiger partial charge < -0.3 is 5.73 Å². The Morgan fingerprint density at radius 1 is 1.04 bits per heavy atom. The summed E-state index contributed by atoms with van der Waals surface area (Å²) >= 11 is 0. The van der Waals surface area contributed by atoms with E-state index in [0.29, 0.717) is 27.8 Å². The van der Waals surface area contributed by atoms with Crippen molar-refractivity contribution in [3.05, 3.63) is 41.7 Å². The highest BCUT2D eigenvalue weighted by Crippen LogP contribution is 2.40. The van der Waals surface area contributed by atoms with Gasteiger partial charge in [-0.25, -0.2) is 4.39 Å². The molecule has 0 atom stereocenters. The Bertz CT molecular complexity index is 641. The largest absolute Gasteiger partial charge is 0.366 e. The molecule has 0 radical (unpaired) electrons. The Labute approximate surface area is 146 Å². The Morgan fingerprint density at radius 2 is 1.50 bits per heavy atom. The fourth-order valence-corrected chi connectivity index (χ4v) is 8.78. The predicted octanol–water partition coefficient (Wildman–Crippen LogP) is 4.92. The Hall–Kier alpha value is -1.86. The highest BCUT2D eigenvalue weighted by molar-refractivity contribution is 6.90. The zero-order valence-electron chi connectivity index (χ0n) is 15.5. The summed E-state index contributed by atoms with van der Waals surface area (Å²) in [6.45, 7) is 13.4. The summed E-state index contributed by atoms with van der Waals surface area (Å²) in [7, 11) is -1.86. The van der Waals surface area contributed by atoms with Crippen LogP contribution in [0.1, 0.15) is 47.1 Å². The highest BCUT2D eigenvalue weighted by atomic mass is 28.3. The molecule has 2 N–H and O–H groups in total. The van der Waals surface area contributed by atoms with Gasteiger partial charge >= 0.3 is 0 Å². The molecule has 0 aliphatic rings. The van der Waals surface area contributed by atoms with Crippen molar-refractivity contribution in [3.8, 4) is 11.5 Å². The summed E-state index contributed by atoms with van der Waals surface area (Å²) in [6, 6.07) is 5.72. The Balaban J connectivity index is 3.34. The molecule has 1 aromatic carbocycles. The zero-order valence-corrected chi connectivity index (χ0v) is 16.5. The van der Waals surface area contributed by atoms with Gasteiger partial charge in [0.15, 0.2) is 0 Å². The topological polar surface area (TPSA) is 43.1 Å². The SMILES string of the molecule is CC(C)[Si](C#C/C=C(\C(N)=O)c1ccc(F)cc1)(C(C)C)C(C)C. The van der Waals surface area contributed by atoms with E-state index in [2.05, 4.69) is 53.0 Å². The molecule has 130 valence electrons. The number of amides is 1. The molecule has 0 saturated heterocycles. The molecule has 0 bridgehead atoms. The summed E-state index contributed by atoms with van der Waals surface area (Å²) in [5.74, 6) is 2.22. The van der Waals surface area contributed by atoms with Crippen LogP contribution in [0.15, 0.2) is 30.3 Å². The number of hydrogen-bond acceptors (Lipinski definition) is 1. The van der Waals surface area contributed by atoms with Gasteiger partial charge in [0.2, 0.25) is 5.91 Å². The first kappa shape index (κ1) is 20.2. The quantitative estimate of drug-likeness (QED) is 0.459. The summed E-state index contributed by atoms with van der Waals surface area (Å²) < 4.78 is 13.1. The van der Waals surface area contributed by atoms with Crippen LogP contribution in [0.5, 0.6) is 0 Å². The molecule has 0 saturated carbocycles. The van der Waals surface area contributed by atoms with Crippen molar-refractivity contribution in [1.82, 2.24) is 0 Å². The second-order valence-electron chi connectivity index (χ2n) is 7.10. The Morgan fingerprint density at radius 3 is 1.88 bits per heavy atom. The molecule has 0 aliphatic heterocycles. The number of halogens is 1. The molecule has 0 aliphatic carbocycles. The molecular formula is C20H28FNOSi. The molecule has 0 fully saturated rings. The molecule has 0 spiro atoms. The minimum absolute atomic E-state index is 0.321. The maximum absolute atomic E-state index is 13.1. The number of allylic oxidation sites excluding steroid dienone is 1. The van der Waals surface area contributed by atoms with E-state index in [1.807, 2.05) is 0 Å². The third-order valence-corrected chi connectivity index (χ3v) is 11.1. The van der Waals surface area contributed by atoms with Gasteiger partial charge in [-0.2, -0.15) is 0 Å². The van der Waals surface area contributed by atoms with E-state index in [1.165, 1.54) is 12.1 Å². The fourth-order valence-electron chi connectivity index (χ4n) is 3.59. The molecule has 1 aromatic rings. The monoisotopic (exact) mass is 345 g/mol. The molecule has 0 heterocycles. The van der Waals surface area contributed by atoms with Crippen LogP contribution in [0.25, 0.3) is 5.57 Å². The summed E-state index contributed by atoms with van der Waals surface area (Å²) in [5, 5.41) is 0. The fraction of sp³-hybridized carbons (Fsp3) is 0.450. The minimum atomic E-state index is -1.86. The lowest BCUT2D eigenvalue weighted by Crippen LogP contribution is -2.43. The Kier molecular flexibility index (Phi) is 6.98. The lowest BCUT2D eigenvalue weighted by Gasteiger charge is -2.38. The van der Waals surface area contributed by atoms with Crippen molar-refractivity contribution in [3.63, 3.8) is 0 Å². The van der Waals surface area contributed by atoms with Crippen molar-refractivity contribution >= 4 is 19.6 Å². The van der Waals surface area contributed by atoms with E-state index in [9.17, 15) is 9.18 Å². The van der Waals surface area contributed by atoms with Gasteiger partial charge in [-0.3, -0.25) is 4.79 Å². The number of rotatable bonds is 5. The number of carbonyl (C=O) groups excluding carboxylic acids is 1. The summed E-state index contributed by atoms with van der Waals surface area (Å²) in [5.41, 5.74) is 11.5. The number of nitrogens with two attached hydrogens (primary N) is 1. The third-order valence-electron chi connectivity index (χ3n) is 4.79. The lowest BCUT2D eigenvalue weighted by atomic mass is 10.1. The van der Waals surface area contributed by atoms with Gasteiger partial charge in [-0.05, 0) is 34.3 Å². The first-order chi connectivity index (χ1) is 11.1. The summed E-state index contributed by atoms with van der Waals surface area (Å²) in [6.07, 6.45) is 1.59. The van der Waals surface area contributed by atoms with Gasteiger partial charge in [-0.1, -0.05) is 59.6 Å². The van der Waals surface area contributed by atoms with Crippen LogP contribution >= 0.6 is 0 Å². The smallest absolute Gasteiger partial charge is 0.249 e. The van der Waals surface area contributed by atoms with Gasteiger partial charge in [0.1, 0.15) is 13.9 Å². The van der Waals surface area contributed by atoms with E-state index in [1.54, 1.807) is 18.2 Å². The minimum Gasteiger partial charge on any atom is -0.366 e. The van der Waals surface area contributed by atoms with Crippen LogP contribution in [0.4, 0.5) is 4.39 Å². The zero-order chi connectivity index (χ0) is 18.5. The molecule has 1 amide bonds. The molecule has 0 aromatic heterocycles. The van der Waals surface area contributed by atoms with Crippen molar-refractivity contribution in [2.45, 2.75) is 58.2 Å². The van der Waals surface area contributed by atoms with Gasteiger partial charge in [-0.15, -0.1) is 5.54 Å². The third kappa shape index (κ3) is 4.36. The van der Waals surface area contributed by atoms with E-state index in [0.717, 1.165) is 0 Å². The van der Waals surface area contributed by atoms with Crippen LogP contribution < -0.4 is 5.73 Å². The van der Waals surface area contributed by atoms with E-state index >= 15 is 0 Å². The second kappa shape index (κ2) is 8.30. The number of carbonyl (C=O) groups is 1. The molecule has 4 heteroatoms. The molecule has 2 nitrogen and oxygen atoms in total. The standard InChI is InChI=1S/C20H28FNOSi/c1-14(2)24(15(3)4,16(5)6)13-7-8-19(20(22)23)17-9-11-18(21)12-10-17/h8-12,14-16H,1-6H3,(H2,22,23)/b19-8-. The van der Waals surface area contributed by atoms with Crippen molar-refractivity contribution in [2.24, 2.45) is 5.73 Å². The second-order valence-corrected chi connectivity index (χ2v) is 12.7. The molecule has 1 rings (SSSR count). The van der Waals surface area contributed by atoms with Crippen LogP contribution in [-0.4, -0.2) is 14.0 Å².